The van der Waals surface area contributed by atoms with E-state index in [0.29, 0.717) is 38.4 Å². The van der Waals surface area contributed by atoms with E-state index in [1.165, 1.54) is 21.4 Å². The normalized spacial score (nSPS) is 34.3. The zero-order chi connectivity index (χ0) is 31.2. The van der Waals surface area contributed by atoms with Crippen LogP contribution in [-0.4, -0.2) is 92.0 Å². The number of rotatable bonds is 5. The van der Waals surface area contributed by atoms with Gasteiger partial charge < -0.3 is 25.2 Å². The second kappa shape index (κ2) is 10.2. The Hall–Kier alpha value is -3.69. The van der Waals surface area contributed by atoms with Crippen molar-refractivity contribution < 1.29 is 19.5 Å². The number of likely N-dealkylation sites (tertiary alicyclic amines) is 1. The maximum atomic E-state index is 14.8. The van der Waals surface area contributed by atoms with Gasteiger partial charge in [0.25, 0.3) is 5.91 Å². The highest BCUT2D eigenvalue weighted by Crippen LogP contribution is 2.50. The lowest BCUT2D eigenvalue weighted by atomic mass is 9.72. The highest BCUT2D eigenvalue weighted by Gasteiger charge is 2.70. The molecule has 9 heteroatoms. The molecule has 4 aliphatic heterocycles. The van der Waals surface area contributed by atoms with Gasteiger partial charge in [-0.2, -0.15) is 0 Å². The van der Waals surface area contributed by atoms with Crippen LogP contribution in [0.5, 0.6) is 0 Å². The fourth-order valence-corrected chi connectivity index (χ4v) is 9.63. The maximum absolute atomic E-state index is 14.8. The topological polar surface area (TPSA) is 109 Å². The number of piperazine rings is 1. The monoisotopic (exact) mass is 609 g/mol. The number of carbonyl (C=O) groups is 3. The van der Waals surface area contributed by atoms with Crippen LogP contribution in [0, 0.1) is 11.8 Å². The van der Waals surface area contributed by atoms with E-state index in [0.717, 1.165) is 23.9 Å². The molecule has 45 heavy (non-hydrogen) atoms. The maximum Gasteiger partial charge on any atom is 0.251 e. The smallest absolute Gasteiger partial charge is 0.251 e. The largest absolute Gasteiger partial charge is 0.369 e. The summed E-state index contributed by atoms with van der Waals surface area (Å²) in [7, 11) is 2.10. The predicted octanol–water partition coefficient (Wildman–Crippen LogP) is 3.18. The number of carbonyl (C=O) groups excluding carboxylic acids is 3. The molecule has 5 unspecified atom stereocenters. The molecule has 1 aromatic heterocycles. The molecule has 8 rings (SSSR count). The first-order chi connectivity index (χ1) is 21.6. The van der Waals surface area contributed by atoms with E-state index in [4.69, 9.17) is 0 Å². The summed E-state index contributed by atoms with van der Waals surface area (Å²) in [5.41, 5.74) is 1.83. The van der Waals surface area contributed by atoms with E-state index >= 15 is 0 Å². The van der Waals surface area contributed by atoms with Crippen molar-refractivity contribution in [3.8, 4) is 0 Å². The van der Waals surface area contributed by atoms with E-state index in [9.17, 15) is 19.5 Å². The van der Waals surface area contributed by atoms with E-state index < -0.39 is 23.3 Å². The fourth-order valence-electron chi connectivity index (χ4n) is 9.63. The van der Waals surface area contributed by atoms with Crippen LogP contribution in [0.1, 0.15) is 62.1 Å². The van der Waals surface area contributed by atoms with Crippen molar-refractivity contribution in [2.75, 3.05) is 20.1 Å². The van der Waals surface area contributed by atoms with Gasteiger partial charge in [-0.1, -0.05) is 56.3 Å². The minimum absolute atomic E-state index is 0.0720. The van der Waals surface area contributed by atoms with Crippen molar-refractivity contribution in [3.05, 3.63) is 71.4 Å². The first-order valence-corrected chi connectivity index (χ1v) is 16.6. The molecule has 5 heterocycles. The van der Waals surface area contributed by atoms with Gasteiger partial charge in [-0.3, -0.25) is 19.3 Å². The molecule has 5 aliphatic rings. The van der Waals surface area contributed by atoms with Gasteiger partial charge in [0.15, 0.2) is 5.72 Å². The van der Waals surface area contributed by atoms with Crippen molar-refractivity contribution in [3.63, 3.8) is 0 Å². The molecule has 4 saturated heterocycles. The quantitative estimate of drug-likeness (QED) is 0.412. The number of hydrogen-bond acceptors (Lipinski definition) is 5. The summed E-state index contributed by atoms with van der Waals surface area (Å²) < 4.78 is 0. The van der Waals surface area contributed by atoms with E-state index in [1.54, 1.807) is 4.90 Å². The van der Waals surface area contributed by atoms with Crippen molar-refractivity contribution in [2.24, 2.45) is 11.8 Å². The molecule has 3 aromatic rings. The number of nitrogens with one attached hydrogen (secondary N) is 2. The number of piperidine rings is 1. The second-order valence-electron chi connectivity index (χ2n) is 14.6. The second-order valence-corrected chi connectivity index (χ2v) is 14.6. The summed E-state index contributed by atoms with van der Waals surface area (Å²) in [4.78, 5) is 52.1. The van der Waals surface area contributed by atoms with E-state index in [1.807, 2.05) is 44.2 Å². The van der Waals surface area contributed by atoms with Gasteiger partial charge in [-0.25, -0.2) is 0 Å². The Morgan fingerprint density at radius 3 is 2.71 bits per heavy atom. The molecule has 1 aliphatic carbocycles. The molecule has 0 radical (unpaired) electrons. The first kappa shape index (κ1) is 28.8. The molecule has 2 aromatic carbocycles. The van der Waals surface area contributed by atoms with Gasteiger partial charge in [0.1, 0.15) is 11.6 Å². The number of fused-ring (bicyclic) bond motifs is 5. The average molecular weight is 610 g/mol. The Balaban J connectivity index is 1.12. The number of likely N-dealkylation sites (N-methyl/N-ethyl adjacent to an activating group) is 1. The minimum atomic E-state index is -1.54. The molecule has 0 saturated carbocycles. The van der Waals surface area contributed by atoms with E-state index in [2.05, 4.69) is 46.6 Å². The predicted molar refractivity (Wildman–Crippen MR) is 170 cm³/mol. The number of hydrogen-bond donors (Lipinski definition) is 3. The Morgan fingerprint density at radius 1 is 1.13 bits per heavy atom. The standard InChI is InChI=1S/C36H43N5O4/c1-21(2)35(38-32(42)24-16-26-25-11-7-12-27-31(25)23(18-37-27)17-28(26)39(3)19-24)20-36(45)30-13-8-14-40(30)33(43)29(41(36)34(35)44)15-22-9-5-4-6-10-22/h4-7,9-12,18,21,24,26,28-30,37,45H,8,13-17,19-20H2,1-3H3,(H,38,42)/t24?,26?,28?,29?,30?,35-,36+/m0/s1. The molecule has 3 N–H and O–H groups in total. The SMILES string of the molecule is CC(C)[C@@]1(NC(=O)C2CC3c4cccc5[nH]cc(c45)CC3N(C)C2)C[C@@]2(O)C3CCCN3C(=O)C(Cc3ccccc3)N2C1=O. The van der Waals surface area contributed by atoms with Crippen LogP contribution in [0.3, 0.4) is 0 Å². The summed E-state index contributed by atoms with van der Waals surface area (Å²) in [6.07, 6.45) is 5.58. The molecule has 7 atom stereocenters. The summed E-state index contributed by atoms with van der Waals surface area (Å²) in [6, 6.07) is 15.1. The Kier molecular flexibility index (Phi) is 6.49. The molecule has 3 amide bonds. The number of aromatic nitrogens is 1. The Bertz CT molecular complexity index is 1690. The van der Waals surface area contributed by atoms with Crippen molar-refractivity contribution in [2.45, 2.75) is 87.7 Å². The highest BCUT2D eigenvalue weighted by atomic mass is 16.3. The third kappa shape index (κ3) is 4.09. The third-order valence-electron chi connectivity index (χ3n) is 11.9. The lowest BCUT2D eigenvalue weighted by Gasteiger charge is -2.50. The Morgan fingerprint density at radius 2 is 1.93 bits per heavy atom. The average Bonchev–Trinajstić information content (AvgIpc) is 3.74. The van der Waals surface area contributed by atoms with Gasteiger partial charge in [-0.15, -0.1) is 0 Å². The van der Waals surface area contributed by atoms with Crippen molar-refractivity contribution in [1.82, 2.24) is 25.0 Å². The van der Waals surface area contributed by atoms with Crippen LogP contribution in [0.4, 0.5) is 0 Å². The number of aliphatic hydroxyl groups is 1. The summed E-state index contributed by atoms with van der Waals surface area (Å²) >= 11 is 0. The first-order valence-electron chi connectivity index (χ1n) is 16.6. The highest BCUT2D eigenvalue weighted by molar-refractivity contribution is 5.99. The number of H-pyrrole nitrogens is 1. The molecule has 9 nitrogen and oxygen atoms in total. The van der Waals surface area contributed by atoms with Crippen molar-refractivity contribution in [1.29, 1.82) is 0 Å². The summed E-state index contributed by atoms with van der Waals surface area (Å²) in [6.45, 7) is 5.06. The zero-order valence-corrected chi connectivity index (χ0v) is 26.3. The minimum Gasteiger partial charge on any atom is -0.369 e. The van der Waals surface area contributed by atoms with Gasteiger partial charge >= 0.3 is 0 Å². The lowest BCUT2D eigenvalue weighted by Crippen LogP contribution is -2.71. The molecular formula is C36H43N5O4. The summed E-state index contributed by atoms with van der Waals surface area (Å²) in [5.74, 6) is -0.988. The number of benzene rings is 2. The molecule has 236 valence electrons. The van der Waals surface area contributed by atoms with Gasteiger partial charge in [0, 0.05) is 55.0 Å². The number of aromatic amines is 1. The third-order valence-corrected chi connectivity index (χ3v) is 11.9. The summed E-state index contributed by atoms with van der Waals surface area (Å²) in [5, 5.41) is 17.1. The van der Waals surface area contributed by atoms with Crippen LogP contribution < -0.4 is 5.32 Å². The van der Waals surface area contributed by atoms with Crippen LogP contribution in [0.15, 0.2) is 54.7 Å². The lowest BCUT2D eigenvalue weighted by molar-refractivity contribution is -0.196. The molecule has 0 spiro atoms. The zero-order valence-electron chi connectivity index (χ0n) is 26.3. The van der Waals surface area contributed by atoms with Crippen LogP contribution in [0.25, 0.3) is 10.9 Å². The molecule has 0 bridgehead atoms. The van der Waals surface area contributed by atoms with Crippen LogP contribution in [-0.2, 0) is 27.2 Å². The number of amides is 3. The number of nitrogens with zero attached hydrogens (tertiary/aromatic N) is 3. The van der Waals surface area contributed by atoms with Crippen molar-refractivity contribution >= 4 is 28.6 Å². The Labute approximate surface area is 263 Å². The molecular weight excluding hydrogens is 566 g/mol. The van der Waals surface area contributed by atoms with E-state index in [-0.39, 0.29) is 41.9 Å². The van der Waals surface area contributed by atoms with Gasteiger partial charge in [0.05, 0.1) is 12.0 Å². The fraction of sp³-hybridized carbons (Fsp3) is 0.528. The molecule has 4 fully saturated rings. The van der Waals surface area contributed by atoms with Crippen LogP contribution >= 0.6 is 0 Å². The van der Waals surface area contributed by atoms with Gasteiger partial charge in [-0.05, 0) is 61.4 Å². The van der Waals surface area contributed by atoms with Gasteiger partial charge in [0.2, 0.25) is 11.8 Å². The van der Waals surface area contributed by atoms with Crippen LogP contribution in [0.2, 0.25) is 0 Å².